The van der Waals surface area contributed by atoms with E-state index in [4.69, 9.17) is 46.4 Å². The molecule has 0 unspecified atom stereocenters. The summed E-state index contributed by atoms with van der Waals surface area (Å²) in [6, 6.07) is 9.21. The summed E-state index contributed by atoms with van der Waals surface area (Å²) in [6.07, 6.45) is 1.48. The molecule has 0 heterocycles. The lowest BCUT2D eigenvalue weighted by Crippen LogP contribution is -2.23. The number of hydrogen-bond acceptors (Lipinski definition) is 3. The van der Waals surface area contributed by atoms with Gasteiger partial charge in [0, 0.05) is 11.9 Å². The third kappa shape index (κ3) is 6.16. The zero-order valence-electron chi connectivity index (χ0n) is 8.89. The van der Waals surface area contributed by atoms with Crippen molar-refractivity contribution in [1.29, 1.82) is 0 Å². The predicted octanol–water partition coefficient (Wildman–Crippen LogP) is 4.06. The van der Waals surface area contributed by atoms with Crippen LogP contribution in [0, 0.1) is 0 Å². The number of nitrogens with zero attached hydrogens (tertiary/aromatic N) is 2. The Hall–Kier alpha value is -0.130. The molecule has 1 rings (SSSR count). The first-order chi connectivity index (χ1) is 8.42. The number of alkyl halides is 4. The maximum Gasteiger partial charge on any atom is 0.268 e. The van der Waals surface area contributed by atoms with Gasteiger partial charge in [-0.25, -0.2) is 0 Å². The third-order valence-corrected chi connectivity index (χ3v) is 3.16. The van der Waals surface area contributed by atoms with Crippen LogP contribution in [0.4, 0.5) is 0 Å². The first-order valence-electron chi connectivity index (χ1n) is 4.66. The van der Waals surface area contributed by atoms with Gasteiger partial charge in [-0.15, -0.1) is 11.6 Å². The molecule has 1 amide bonds. The molecule has 0 radical (unpaired) electrons. The molecule has 0 aromatic heterocycles. The molecular weight excluding hydrogens is 338 g/mol. The van der Waals surface area contributed by atoms with Gasteiger partial charge in [0.2, 0.25) is 0 Å². The predicted molar refractivity (Wildman–Crippen MR) is 79.5 cm³/mol. The van der Waals surface area contributed by atoms with Gasteiger partial charge in [0.1, 0.15) is 5.88 Å². The molecule has 0 aliphatic rings. The van der Waals surface area contributed by atoms with Crippen molar-refractivity contribution in [2.45, 2.75) is 3.12 Å². The van der Waals surface area contributed by atoms with E-state index in [1.807, 2.05) is 30.3 Å². The number of hydrazone groups is 1. The summed E-state index contributed by atoms with van der Waals surface area (Å²) in [4.78, 5) is 11.5. The molecule has 3 nitrogen and oxygen atoms in total. The van der Waals surface area contributed by atoms with Gasteiger partial charge >= 0.3 is 0 Å². The normalized spacial score (nSPS) is 11.8. The Morgan fingerprint density at radius 1 is 1.33 bits per heavy atom. The minimum atomic E-state index is -1.68. The lowest BCUT2D eigenvalue weighted by Gasteiger charge is -2.18. The Morgan fingerprint density at radius 3 is 2.44 bits per heavy atom. The standard InChI is InChI=1S/C10H8Cl4N2OS/c11-6-9(17)16(18-10(12,13)14)15-7-8-4-2-1-3-5-8/h1-5,7H,6H2. The number of carbonyl (C=O) groups is 1. The van der Waals surface area contributed by atoms with Crippen LogP contribution in [0.25, 0.3) is 0 Å². The summed E-state index contributed by atoms with van der Waals surface area (Å²) in [6.45, 7) is 0. The highest BCUT2D eigenvalue weighted by Gasteiger charge is 2.28. The molecule has 8 heteroatoms. The smallest absolute Gasteiger partial charge is 0.268 e. The zero-order chi connectivity index (χ0) is 13.6. The number of carbonyl (C=O) groups excluding carboxylic acids is 1. The Labute approximate surface area is 129 Å². The van der Waals surface area contributed by atoms with Crippen molar-refractivity contribution in [3.05, 3.63) is 35.9 Å². The molecule has 0 spiro atoms. The summed E-state index contributed by atoms with van der Waals surface area (Å²) in [5, 5.41) is 3.93. The van der Waals surface area contributed by atoms with E-state index in [1.54, 1.807) is 0 Å². The number of hydrogen-bond donors (Lipinski definition) is 0. The SMILES string of the molecule is O=C(CCl)N(N=Cc1ccccc1)SC(Cl)(Cl)Cl. The molecule has 0 atom stereocenters. The summed E-state index contributed by atoms with van der Waals surface area (Å²) in [5.74, 6) is -0.722. The fourth-order valence-corrected chi connectivity index (χ4v) is 2.18. The number of rotatable bonds is 4. The maximum atomic E-state index is 11.5. The van der Waals surface area contributed by atoms with E-state index < -0.39 is 9.03 Å². The topological polar surface area (TPSA) is 32.7 Å². The average molecular weight is 346 g/mol. The fourth-order valence-electron chi connectivity index (χ4n) is 0.946. The van der Waals surface area contributed by atoms with E-state index in [-0.39, 0.29) is 5.88 Å². The van der Waals surface area contributed by atoms with Gasteiger partial charge in [0.25, 0.3) is 9.03 Å². The second kappa shape index (κ2) is 7.46. The first-order valence-corrected chi connectivity index (χ1v) is 7.10. The molecule has 1 aromatic carbocycles. The molecule has 0 fully saturated rings. The fraction of sp³-hybridized carbons (Fsp3) is 0.200. The quantitative estimate of drug-likeness (QED) is 0.356. The van der Waals surface area contributed by atoms with Crippen molar-refractivity contribution in [2.75, 3.05) is 5.88 Å². The highest BCUT2D eigenvalue weighted by atomic mass is 35.6. The highest BCUT2D eigenvalue weighted by Crippen LogP contribution is 2.41. The lowest BCUT2D eigenvalue weighted by molar-refractivity contribution is -0.123. The van der Waals surface area contributed by atoms with E-state index in [2.05, 4.69) is 5.10 Å². The molecular formula is C10H8Cl4N2OS. The van der Waals surface area contributed by atoms with E-state index >= 15 is 0 Å². The van der Waals surface area contributed by atoms with Gasteiger partial charge in [0.05, 0.1) is 6.21 Å². The van der Waals surface area contributed by atoms with Crippen LogP contribution in [0.5, 0.6) is 0 Å². The van der Waals surface area contributed by atoms with Crippen molar-refractivity contribution in [2.24, 2.45) is 5.10 Å². The van der Waals surface area contributed by atoms with Crippen LogP contribution >= 0.6 is 58.4 Å². The summed E-state index contributed by atoms with van der Waals surface area (Å²) >= 11 is 22.9. The molecule has 18 heavy (non-hydrogen) atoms. The van der Waals surface area contributed by atoms with Gasteiger partial charge in [-0.3, -0.25) is 4.79 Å². The van der Waals surface area contributed by atoms with Crippen molar-refractivity contribution in [1.82, 2.24) is 4.41 Å². The Morgan fingerprint density at radius 2 is 1.94 bits per heavy atom. The van der Waals surface area contributed by atoms with Gasteiger partial charge in [-0.2, -0.15) is 9.52 Å². The van der Waals surface area contributed by atoms with E-state index in [0.717, 1.165) is 9.98 Å². The van der Waals surface area contributed by atoms with Crippen LogP contribution in [0.3, 0.4) is 0 Å². The maximum absolute atomic E-state index is 11.5. The summed E-state index contributed by atoms with van der Waals surface area (Å²) in [5.41, 5.74) is 0.815. The summed E-state index contributed by atoms with van der Waals surface area (Å²) in [7, 11) is 0. The van der Waals surface area contributed by atoms with Crippen molar-refractivity contribution < 1.29 is 4.79 Å². The second-order valence-electron chi connectivity index (χ2n) is 2.99. The number of amides is 1. The van der Waals surface area contributed by atoms with Gasteiger partial charge in [-0.1, -0.05) is 65.1 Å². The van der Waals surface area contributed by atoms with Crippen molar-refractivity contribution >= 4 is 70.5 Å². The Bertz CT molecular complexity index is 422. The van der Waals surface area contributed by atoms with Gasteiger partial charge in [-0.05, 0) is 5.56 Å². The van der Waals surface area contributed by atoms with E-state index in [1.165, 1.54) is 6.21 Å². The first kappa shape index (κ1) is 15.9. The van der Waals surface area contributed by atoms with Crippen LogP contribution in [0.1, 0.15) is 5.56 Å². The zero-order valence-corrected chi connectivity index (χ0v) is 12.7. The van der Waals surface area contributed by atoms with Crippen molar-refractivity contribution in [3.63, 3.8) is 0 Å². The molecule has 0 saturated heterocycles. The largest absolute Gasteiger partial charge is 0.271 e. The highest BCUT2D eigenvalue weighted by molar-refractivity contribution is 8.03. The van der Waals surface area contributed by atoms with Crippen LogP contribution in [-0.2, 0) is 4.79 Å². The molecule has 0 aliphatic carbocycles. The molecule has 0 N–H and O–H groups in total. The minimum absolute atomic E-state index is 0.250. The lowest BCUT2D eigenvalue weighted by atomic mass is 10.2. The average Bonchev–Trinajstić information content (AvgIpc) is 2.33. The minimum Gasteiger partial charge on any atom is -0.271 e. The molecule has 0 aliphatic heterocycles. The van der Waals surface area contributed by atoms with Crippen LogP contribution < -0.4 is 0 Å². The van der Waals surface area contributed by atoms with E-state index in [0.29, 0.717) is 11.9 Å². The summed E-state index contributed by atoms with van der Waals surface area (Å²) < 4.78 is -0.733. The number of halogens is 4. The van der Waals surface area contributed by atoms with Crippen LogP contribution in [-0.4, -0.2) is 25.5 Å². The number of benzene rings is 1. The Balaban J connectivity index is 2.79. The van der Waals surface area contributed by atoms with Gasteiger partial charge in [0.15, 0.2) is 0 Å². The van der Waals surface area contributed by atoms with Crippen LogP contribution in [0.2, 0.25) is 0 Å². The molecule has 0 saturated carbocycles. The molecule has 1 aromatic rings. The monoisotopic (exact) mass is 344 g/mol. The third-order valence-electron chi connectivity index (χ3n) is 1.63. The van der Waals surface area contributed by atoms with Crippen molar-refractivity contribution in [3.8, 4) is 0 Å². The van der Waals surface area contributed by atoms with Crippen LogP contribution in [0.15, 0.2) is 35.4 Å². The van der Waals surface area contributed by atoms with Gasteiger partial charge < -0.3 is 0 Å². The second-order valence-corrected chi connectivity index (χ2v) is 7.35. The Kier molecular flexibility index (Phi) is 6.60. The van der Waals surface area contributed by atoms with E-state index in [9.17, 15) is 4.79 Å². The molecule has 0 bridgehead atoms. The molecule has 98 valence electrons.